The number of rotatable bonds is 4. The Morgan fingerprint density at radius 1 is 1.10 bits per heavy atom. The molecule has 7 nitrogen and oxygen atoms in total. The highest BCUT2D eigenvalue weighted by atomic mass is 19.1. The molecule has 2 saturated heterocycles. The van der Waals surface area contributed by atoms with E-state index in [2.05, 4.69) is 21.9 Å². The van der Waals surface area contributed by atoms with Crippen molar-refractivity contribution in [1.29, 1.82) is 0 Å². The number of hydrogen-bond donors (Lipinski definition) is 0. The molecule has 0 N–H and O–H groups in total. The van der Waals surface area contributed by atoms with Gasteiger partial charge in [0.05, 0.1) is 18.0 Å². The first-order valence-electron chi connectivity index (χ1n) is 10.7. The average molecular weight is 401 g/mol. The second-order valence-corrected chi connectivity index (χ2v) is 8.14. The van der Waals surface area contributed by atoms with E-state index in [4.69, 9.17) is 14.2 Å². The van der Waals surface area contributed by atoms with E-state index in [1.165, 1.54) is 6.07 Å². The Bertz CT molecular complexity index is 845. The van der Waals surface area contributed by atoms with E-state index in [0.717, 1.165) is 69.9 Å². The van der Waals surface area contributed by atoms with Gasteiger partial charge in [-0.25, -0.2) is 4.39 Å². The fraction of sp³-hybridized carbons (Fsp3) is 0.619. The van der Waals surface area contributed by atoms with Crippen molar-refractivity contribution >= 4 is 17.3 Å². The topological polar surface area (TPSA) is 57.9 Å². The van der Waals surface area contributed by atoms with E-state index >= 15 is 0 Å². The molecule has 0 amide bonds. The molecular weight excluding hydrogens is 373 g/mol. The van der Waals surface area contributed by atoms with Crippen LogP contribution in [0.25, 0.3) is 0 Å². The van der Waals surface area contributed by atoms with Crippen LogP contribution in [0.2, 0.25) is 0 Å². The van der Waals surface area contributed by atoms with Crippen molar-refractivity contribution in [3.63, 3.8) is 0 Å². The van der Waals surface area contributed by atoms with E-state index in [-0.39, 0.29) is 5.82 Å². The number of aromatic nitrogens is 2. The van der Waals surface area contributed by atoms with Crippen LogP contribution in [0.4, 0.5) is 21.7 Å². The van der Waals surface area contributed by atoms with Crippen LogP contribution in [0.15, 0.2) is 22.7 Å². The Kier molecular flexibility index (Phi) is 5.13. The maximum atomic E-state index is 13.8. The standard InChI is InChI=1S/C21H28FN5O2/c1-2-25-14-27(19-13-16(22)3-4-18(19)25)21-23-20(29-24-21)15-5-9-26(10-6-15)17-7-11-28-12-8-17/h3-4,13,15,17H,2,5-12,14H2,1H3. The number of nitrogens with zero attached hydrogens (tertiary/aromatic N) is 5. The SMILES string of the molecule is CCN1CN(c2noc(C3CCN(C4CCOCC4)CC3)n2)c2cc(F)ccc21. The van der Waals surface area contributed by atoms with Gasteiger partial charge in [0.2, 0.25) is 5.89 Å². The molecule has 2 fully saturated rings. The lowest BCUT2D eigenvalue weighted by molar-refractivity contribution is 0.0239. The molecule has 29 heavy (non-hydrogen) atoms. The van der Waals surface area contributed by atoms with Gasteiger partial charge in [-0.05, 0) is 69.1 Å². The minimum atomic E-state index is -0.254. The largest absolute Gasteiger partial charge is 0.381 e. The predicted molar refractivity (Wildman–Crippen MR) is 108 cm³/mol. The third kappa shape index (κ3) is 3.59. The molecule has 8 heteroatoms. The van der Waals surface area contributed by atoms with Crippen molar-refractivity contribution in [3.05, 3.63) is 29.9 Å². The maximum Gasteiger partial charge on any atom is 0.272 e. The van der Waals surface area contributed by atoms with Crippen molar-refractivity contribution < 1.29 is 13.7 Å². The molecule has 1 aromatic carbocycles. The molecule has 0 spiro atoms. The van der Waals surface area contributed by atoms with Gasteiger partial charge in [0, 0.05) is 31.7 Å². The van der Waals surface area contributed by atoms with Gasteiger partial charge >= 0.3 is 0 Å². The highest BCUT2D eigenvalue weighted by Crippen LogP contribution is 2.40. The summed E-state index contributed by atoms with van der Waals surface area (Å²) in [4.78, 5) is 11.4. The summed E-state index contributed by atoms with van der Waals surface area (Å²) in [5.41, 5.74) is 1.80. The molecule has 5 rings (SSSR count). The summed E-state index contributed by atoms with van der Waals surface area (Å²) >= 11 is 0. The normalized spacial score (nSPS) is 21.7. The van der Waals surface area contributed by atoms with E-state index in [0.29, 0.717) is 30.5 Å². The van der Waals surface area contributed by atoms with Crippen molar-refractivity contribution in [3.8, 4) is 0 Å². The van der Waals surface area contributed by atoms with Gasteiger partial charge < -0.3 is 19.1 Å². The summed E-state index contributed by atoms with van der Waals surface area (Å²) in [6.45, 7) is 7.42. The van der Waals surface area contributed by atoms with Gasteiger partial charge in [-0.1, -0.05) is 0 Å². The summed E-state index contributed by atoms with van der Waals surface area (Å²) in [5.74, 6) is 1.27. The molecule has 0 atom stereocenters. The Balaban J connectivity index is 1.28. The number of piperidine rings is 1. The maximum absolute atomic E-state index is 13.8. The Labute approximate surface area is 170 Å². The molecule has 0 unspecified atom stereocenters. The Morgan fingerprint density at radius 2 is 1.90 bits per heavy atom. The number of ether oxygens (including phenoxy) is 1. The van der Waals surface area contributed by atoms with Crippen molar-refractivity contribution in [2.75, 3.05) is 49.3 Å². The highest BCUT2D eigenvalue weighted by Gasteiger charge is 2.33. The van der Waals surface area contributed by atoms with Crippen molar-refractivity contribution in [2.24, 2.45) is 0 Å². The van der Waals surface area contributed by atoms with E-state index in [1.807, 2.05) is 11.0 Å². The summed E-state index contributed by atoms with van der Waals surface area (Å²) in [6, 6.07) is 5.52. The molecule has 0 bridgehead atoms. The number of hydrogen-bond acceptors (Lipinski definition) is 7. The molecule has 3 aliphatic rings. The third-order valence-electron chi connectivity index (χ3n) is 6.52. The van der Waals surface area contributed by atoms with Crippen LogP contribution >= 0.6 is 0 Å². The molecule has 0 radical (unpaired) electrons. The number of benzene rings is 1. The molecule has 3 aliphatic heterocycles. The molecule has 156 valence electrons. The summed E-state index contributed by atoms with van der Waals surface area (Å²) in [6.07, 6.45) is 4.33. The minimum Gasteiger partial charge on any atom is -0.381 e. The van der Waals surface area contributed by atoms with Gasteiger partial charge in [-0.2, -0.15) is 4.98 Å². The zero-order chi connectivity index (χ0) is 19.8. The van der Waals surface area contributed by atoms with Gasteiger partial charge in [0.1, 0.15) is 5.82 Å². The zero-order valence-corrected chi connectivity index (χ0v) is 16.9. The second-order valence-electron chi connectivity index (χ2n) is 8.14. The third-order valence-corrected chi connectivity index (χ3v) is 6.52. The molecule has 2 aromatic rings. The van der Waals surface area contributed by atoms with Crippen LogP contribution in [0.5, 0.6) is 0 Å². The Morgan fingerprint density at radius 3 is 2.66 bits per heavy atom. The summed E-state index contributed by atoms with van der Waals surface area (Å²) in [7, 11) is 0. The lowest BCUT2D eigenvalue weighted by atomic mass is 9.94. The quantitative estimate of drug-likeness (QED) is 0.777. The smallest absolute Gasteiger partial charge is 0.272 e. The molecular formula is C21H28FN5O2. The van der Waals surface area contributed by atoms with E-state index in [9.17, 15) is 4.39 Å². The van der Waals surface area contributed by atoms with Crippen LogP contribution in [-0.2, 0) is 4.74 Å². The first kappa shape index (κ1) is 18.8. The lowest BCUT2D eigenvalue weighted by Gasteiger charge is -2.38. The van der Waals surface area contributed by atoms with E-state index < -0.39 is 0 Å². The van der Waals surface area contributed by atoms with Crippen LogP contribution in [0.1, 0.15) is 44.4 Å². The molecule has 1 aromatic heterocycles. The van der Waals surface area contributed by atoms with Gasteiger partial charge in [-0.15, -0.1) is 0 Å². The predicted octanol–water partition coefficient (Wildman–Crippen LogP) is 3.50. The second kappa shape index (κ2) is 7.91. The molecule has 0 saturated carbocycles. The first-order chi connectivity index (χ1) is 14.2. The van der Waals surface area contributed by atoms with Crippen LogP contribution < -0.4 is 9.80 Å². The zero-order valence-electron chi connectivity index (χ0n) is 16.9. The van der Waals surface area contributed by atoms with Crippen LogP contribution in [-0.4, -0.2) is 60.6 Å². The lowest BCUT2D eigenvalue weighted by Crippen LogP contribution is -2.43. The Hall–Kier alpha value is -2.19. The number of fused-ring (bicyclic) bond motifs is 1. The highest BCUT2D eigenvalue weighted by molar-refractivity contribution is 5.80. The minimum absolute atomic E-state index is 0.254. The van der Waals surface area contributed by atoms with Gasteiger partial charge in [-0.3, -0.25) is 4.90 Å². The molecule has 4 heterocycles. The number of halogens is 1. The monoisotopic (exact) mass is 401 g/mol. The summed E-state index contributed by atoms with van der Waals surface area (Å²) in [5, 5.41) is 4.24. The van der Waals surface area contributed by atoms with Gasteiger partial charge in [0.15, 0.2) is 0 Å². The number of anilines is 3. The number of likely N-dealkylation sites (tertiary alicyclic amines) is 1. The van der Waals surface area contributed by atoms with Crippen LogP contribution in [0.3, 0.4) is 0 Å². The molecule has 0 aliphatic carbocycles. The van der Waals surface area contributed by atoms with E-state index in [1.54, 1.807) is 6.07 Å². The van der Waals surface area contributed by atoms with Crippen molar-refractivity contribution in [1.82, 2.24) is 15.0 Å². The summed E-state index contributed by atoms with van der Waals surface area (Å²) < 4.78 is 25.0. The van der Waals surface area contributed by atoms with Crippen molar-refractivity contribution in [2.45, 2.75) is 44.6 Å². The van der Waals surface area contributed by atoms with Crippen LogP contribution in [0, 0.1) is 5.82 Å². The van der Waals surface area contributed by atoms with Gasteiger partial charge in [0.25, 0.3) is 5.95 Å². The fourth-order valence-electron chi connectivity index (χ4n) is 4.81. The average Bonchev–Trinajstić information content (AvgIpc) is 3.39. The fourth-order valence-corrected chi connectivity index (χ4v) is 4.81. The first-order valence-corrected chi connectivity index (χ1v) is 10.7.